The second kappa shape index (κ2) is 16.6. The Labute approximate surface area is 203 Å². The minimum atomic E-state index is 0.743. The van der Waals surface area contributed by atoms with Gasteiger partial charge in [-0.05, 0) is 84.7 Å². The van der Waals surface area contributed by atoms with Gasteiger partial charge in [-0.3, -0.25) is 0 Å². The molecular formula is C31H46O2. The topological polar surface area (TPSA) is 29.1 Å². The molecule has 2 aromatic carbocycles. The molecule has 0 bridgehead atoms. The number of hydrogen-bond acceptors (Lipinski definition) is 1. The first-order chi connectivity index (χ1) is 16.2. The summed E-state index contributed by atoms with van der Waals surface area (Å²) >= 11 is 0. The zero-order valence-corrected chi connectivity index (χ0v) is 21.9. The summed E-state index contributed by atoms with van der Waals surface area (Å²) in [7, 11) is 0. The summed E-state index contributed by atoms with van der Waals surface area (Å²) in [5, 5.41) is 0. The molecule has 0 radical (unpaired) electrons. The van der Waals surface area contributed by atoms with E-state index in [2.05, 4.69) is 69.0 Å². The van der Waals surface area contributed by atoms with Crippen molar-refractivity contribution in [2.24, 2.45) is 11.8 Å². The molecule has 2 fully saturated rings. The van der Waals surface area contributed by atoms with Gasteiger partial charge in [-0.15, -0.1) is 0 Å². The molecule has 0 unspecified atom stereocenters. The Balaban J connectivity index is 0.000000841. The van der Waals surface area contributed by atoms with E-state index in [0.717, 1.165) is 35.2 Å². The fourth-order valence-electron chi connectivity index (χ4n) is 4.94. The Morgan fingerprint density at radius 3 is 1.09 bits per heavy atom. The average molecular weight is 451 g/mol. The van der Waals surface area contributed by atoms with Crippen LogP contribution in [0.1, 0.15) is 116 Å². The van der Waals surface area contributed by atoms with Gasteiger partial charge in [-0.25, -0.2) is 0 Å². The molecule has 2 heteroatoms. The van der Waals surface area contributed by atoms with Gasteiger partial charge >= 0.3 is 11.3 Å². The Kier molecular flexibility index (Phi) is 14.6. The Morgan fingerprint density at radius 2 is 0.818 bits per heavy atom. The van der Waals surface area contributed by atoms with Crippen LogP contribution < -0.4 is 4.74 Å². The first kappa shape index (κ1) is 29.0. The van der Waals surface area contributed by atoms with Crippen LogP contribution in [-0.4, -0.2) is 0 Å². The monoisotopic (exact) mass is 450 g/mol. The molecule has 2 saturated carbocycles. The van der Waals surface area contributed by atoms with Gasteiger partial charge in [0.15, 0.2) is 0 Å². The van der Waals surface area contributed by atoms with E-state index in [-0.39, 0.29) is 0 Å². The molecule has 0 aliphatic heterocycles. The van der Waals surface area contributed by atoms with Crippen molar-refractivity contribution in [3.05, 3.63) is 66.3 Å². The van der Waals surface area contributed by atoms with Crippen LogP contribution in [0.25, 0.3) is 0 Å². The quantitative estimate of drug-likeness (QED) is 0.336. The van der Waals surface area contributed by atoms with E-state index in [1.807, 2.05) is 27.7 Å². The van der Waals surface area contributed by atoms with Crippen molar-refractivity contribution < 1.29 is 9.39 Å². The van der Waals surface area contributed by atoms with Crippen LogP contribution in [0.4, 0.5) is 0 Å². The first-order valence-corrected chi connectivity index (χ1v) is 13.3. The summed E-state index contributed by atoms with van der Waals surface area (Å²) in [6.07, 6.45) is 10.8. The van der Waals surface area contributed by atoms with Gasteiger partial charge in [0.05, 0.1) is 0 Å². The summed E-state index contributed by atoms with van der Waals surface area (Å²) < 4.78 is 13.6. The normalized spacial score (nSPS) is 23.9. The van der Waals surface area contributed by atoms with Crippen LogP contribution in [0, 0.1) is 18.5 Å². The van der Waals surface area contributed by atoms with Crippen LogP contribution in [0.3, 0.4) is 0 Å². The SMILES string of the molecule is CC.CC.CC1CCC(c2ccc(Oc3ccc(C4CCC(C)CC4)cc3)cc2)CC1.[C-]#[O+]. The summed E-state index contributed by atoms with van der Waals surface area (Å²) in [5.41, 5.74) is 2.97. The predicted molar refractivity (Wildman–Crippen MR) is 140 cm³/mol. The number of rotatable bonds is 4. The fraction of sp³-hybridized carbons (Fsp3) is 0.581. The van der Waals surface area contributed by atoms with E-state index in [0.29, 0.717) is 0 Å². The van der Waals surface area contributed by atoms with E-state index in [1.165, 1.54) is 62.5 Å². The van der Waals surface area contributed by atoms with Crippen LogP contribution >= 0.6 is 0 Å². The molecular weight excluding hydrogens is 404 g/mol. The summed E-state index contributed by atoms with van der Waals surface area (Å²) in [6.45, 7) is 17.3. The third-order valence-electron chi connectivity index (χ3n) is 6.97. The Hall–Kier alpha value is -2.02. The molecule has 0 amide bonds. The van der Waals surface area contributed by atoms with E-state index in [9.17, 15) is 0 Å². The van der Waals surface area contributed by atoms with E-state index >= 15 is 0 Å². The van der Waals surface area contributed by atoms with Crippen LogP contribution in [-0.2, 0) is 4.65 Å². The number of hydrogen-bond donors (Lipinski definition) is 0. The fourth-order valence-corrected chi connectivity index (χ4v) is 4.94. The molecule has 4 rings (SSSR count). The molecule has 33 heavy (non-hydrogen) atoms. The van der Waals surface area contributed by atoms with E-state index < -0.39 is 0 Å². The van der Waals surface area contributed by atoms with Crippen molar-refractivity contribution >= 4 is 0 Å². The zero-order chi connectivity index (χ0) is 24.6. The van der Waals surface area contributed by atoms with Gasteiger partial charge in [-0.2, -0.15) is 0 Å². The molecule has 0 aromatic heterocycles. The van der Waals surface area contributed by atoms with Gasteiger partial charge in [0, 0.05) is 0 Å². The zero-order valence-electron chi connectivity index (χ0n) is 21.9. The van der Waals surface area contributed by atoms with Crippen LogP contribution in [0.2, 0.25) is 0 Å². The molecule has 0 N–H and O–H groups in total. The van der Waals surface area contributed by atoms with Gasteiger partial charge in [0.2, 0.25) is 0 Å². The van der Waals surface area contributed by atoms with Crippen LogP contribution in [0.15, 0.2) is 48.5 Å². The van der Waals surface area contributed by atoms with Crippen molar-refractivity contribution in [2.45, 2.75) is 105 Å². The number of ether oxygens (including phenoxy) is 1. The predicted octanol–water partition coefficient (Wildman–Crippen LogP) is 10.1. The standard InChI is InChI=1S/C26H34O.2C2H6.CO/c1-19-3-7-21(8-4-19)23-11-15-25(16-12-23)27-26-17-13-24(14-18-26)22-9-5-20(2)6-10-22;3*1-2/h11-22H,3-10H2,1-2H3;2*1-2H3;. The number of benzene rings is 2. The Bertz CT molecular complexity index is 680. The molecule has 0 heterocycles. The molecule has 2 aliphatic rings. The molecule has 182 valence electrons. The maximum atomic E-state index is 7.50. The third kappa shape index (κ3) is 9.40. The minimum absolute atomic E-state index is 0.743. The molecule has 0 spiro atoms. The van der Waals surface area contributed by atoms with E-state index in [1.54, 1.807) is 0 Å². The molecule has 2 nitrogen and oxygen atoms in total. The molecule has 2 aromatic rings. The average Bonchev–Trinajstić information content (AvgIpc) is 2.90. The van der Waals surface area contributed by atoms with Crippen molar-refractivity contribution in [1.82, 2.24) is 0 Å². The summed E-state index contributed by atoms with van der Waals surface area (Å²) in [4.78, 5) is 0. The second-order valence-corrected chi connectivity index (χ2v) is 9.15. The van der Waals surface area contributed by atoms with Crippen molar-refractivity contribution in [3.8, 4) is 11.5 Å². The van der Waals surface area contributed by atoms with Gasteiger partial charge in [0.1, 0.15) is 11.5 Å². The molecule has 2 aliphatic carbocycles. The first-order valence-electron chi connectivity index (χ1n) is 13.3. The molecule has 0 saturated heterocycles. The van der Waals surface area contributed by atoms with E-state index in [4.69, 9.17) is 9.39 Å². The maximum absolute atomic E-state index is 7.50. The van der Waals surface area contributed by atoms with Crippen molar-refractivity contribution in [2.75, 3.05) is 0 Å². The van der Waals surface area contributed by atoms with Gasteiger partial charge < -0.3 is 4.74 Å². The summed E-state index contributed by atoms with van der Waals surface area (Å²) in [5.74, 6) is 5.19. The van der Waals surface area contributed by atoms with Gasteiger partial charge in [-0.1, -0.05) is 91.5 Å². The van der Waals surface area contributed by atoms with Crippen LogP contribution in [0.5, 0.6) is 11.5 Å². The summed E-state index contributed by atoms with van der Waals surface area (Å²) in [6, 6.07) is 17.7. The molecule has 0 atom stereocenters. The third-order valence-corrected chi connectivity index (χ3v) is 6.97. The Morgan fingerprint density at radius 1 is 0.545 bits per heavy atom. The second-order valence-electron chi connectivity index (χ2n) is 9.15. The van der Waals surface area contributed by atoms with Crippen molar-refractivity contribution in [1.29, 1.82) is 0 Å². The van der Waals surface area contributed by atoms with Gasteiger partial charge in [0.25, 0.3) is 0 Å². The van der Waals surface area contributed by atoms with Crippen molar-refractivity contribution in [3.63, 3.8) is 0 Å².